The third kappa shape index (κ3) is 10.8. The molecule has 1 atom stereocenters. The maximum absolute atomic E-state index is 8.59. The molecule has 0 aromatic carbocycles. The largest absolute Gasteiger partial charge is 1.00 e. The number of hydrogen-bond donors (Lipinski definition) is 2. The molecule has 0 aliphatic rings. The van der Waals surface area contributed by atoms with Crippen LogP contribution in [0.3, 0.4) is 0 Å². The van der Waals surface area contributed by atoms with E-state index in [9.17, 15) is 0 Å². The molecule has 0 spiro atoms. The molecule has 8 heavy (non-hydrogen) atoms. The van der Waals surface area contributed by atoms with Crippen LogP contribution in [0.4, 0.5) is 0 Å². The van der Waals surface area contributed by atoms with Crippen LogP contribution in [0.5, 0.6) is 0 Å². The van der Waals surface area contributed by atoms with Crippen LogP contribution in [0.2, 0.25) is 0 Å². The van der Waals surface area contributed by atoms with Gasteiger partial charge < -0.3 is 10.8 Å². The third-order valence-corrected chi connectivity index (χ3v) is 1.55. The van der Waals surface area contributed by atoms with E-state index in [1.165, 1.54) is 0 Å². The predicted molar refractivity (Wildman–Crippen MR) is 38.2 cm³/mol. The first-order chi connectivity index (χ1) is 3.06. The van der Waals surface area contributed by atoms with Crippen molar-refractivity contribution in [3.8, 4) is 0 Å². The standard InChI is InChI=1S/C2H7O2PS2.Na.H/c1-2-4-5(3,6)7;;/h2H2,1H3,(H2,3,6,7);;/q;+1;-1. The number of rotatable bonds is 2. The second-order valence-corrected chi connectivity index (χ2v) is 6.07. The summed E-state index contributed by atoms with van der Waals surface area (Å²) >= 11 is 7.99. The molecule has 0 bridgehead atoms. The Morgan fingerprint density at radius 2 is 2.38 bits per heavy atom. The van der Waals surface area contributed by atoms with E-state index in [2.05, 4.69) is 28.6 Å². The van der Waals surface area contributed by atoms with E-state index in [1.54, 1.807) is 6.92 Å². The zero-order valence-electron chi connectivity index (χ0n) is 5.87. The first-order valence-electron chi connectivity index (χ1n) is 1.76. The van der Waals surface area contributed by atoms with E-state index in [0.29, 0.717) is 6.61 Å². The molecule has 46 valence electrons. The van der Waals surface area contributed by atoms with Gasteiger partial charge in [-0.25, -0.2) is 0 Å². The topological polar surface area (TPSA) is 29.5 Å². The number of hydrogen-bond acceptors (Lipinski definition) is 2. The van der Waals surface area contributed by atoms with Crippen LogP contribution in [0.25, 0.3) is 0 Å². The molecule has 6 heteroatoms. The molecule has 0 saturated carbocycles. The second kappa shape index (κ2) is 5.69. The van der Waals surface area contributed by atoms with Crippen LogP contribution in [0.1, 0.15) is 8.35 Å². The van der Waals surface area contributed by atoms with E-state index in [4.69, 9.17) is 4.89 Å². The fraction of sp³-hybridized carbons (Fsp3) is 1.00. The summed E-state index contributed by atoms with van der Waals surface area (Å²) in [4.78, 5) is 8.59. The molecule has 1 N–H and O–H groups in total. The van der Waals surface area contributed by atoms with Crippen LogP contribution in [-0.2, 0) is 16.3 Å². The molecule has 0 aromatic heterocycles. The van der Waals surface area contributed by atoms with Crippen molar-refractivity contribution in [3.05, 3.63) is 0 Å². The molecule has 0 rings (SSSR count). The molecule has 0 heterocycles. The maximum Gasteiger partial charge on any atom is 1.00 e. The molecule has 0 aliphatic heterocycles. The summed E-state index contributed by atoms with van der Waals surface area (Å²) in [6.07, 6.45) is 0. The zero-order chi connectivity index (χ0) is 5.91. The summed E-state index contributed by atoms with van der Waals surface area (Å²) in [6.45, 7) is 2.19. The van der Waals surface area contributed by atoms with Crippen LogP contribution >= 0.6 is 17.9 Å². The summed E-state index contributed by atoms with van der Waals surface area (Å²) < 4.78 is 4.57. The van der Waals surface area contributed by atoms with Gasteiger partial charge in [-0.05, 0) is 18.7 Å². The van der Waals surface area contributed by atoms with Gasteiger partial charge in [0, 0.05) is 0 Å². The van der Waals surface area contributed by atoms with Gasteiger partial charge >= 0.3 is 29.6 Å². The minimum atomic E-state index is -2.64. The molecule has 0 amide bonds. The van der Waals surface area contributed by atoms with Gasteiger partial charge in [-0.3, -0.25) is 0 Å². The van der Waals surface area contributed by atoms with Gasteiger partial charge in [0.2, 0.25) is 5.69 Å². The summed E-state index contributed by atoms with van der Waals surface area (Å²) in [5.41, 5.74) is -2.64. The van der Waals surface area contributed by atoms with Crippen LogP contribution < -0.4 is 29.6 Å². The maximum atomic E-state index is 8.59. The first-order valence-corrected chi connectivity index (χ1v) is 5.59. The fourth-order valence-electron chi connectivity index (χ4n) is 0.168. The minimum absolute atomic E-state index is 0. The second-order valence-electron chi connectivity index (χ2n) is 0.908. The van der Waals surface area contributed by atoms with Gasteiger partial charge in [0.1, 0.15) is 0 Å². The normalized spacial score (nSPS) is 16.4. The van der Waals surface area contributed by atoms with Gasteiger partial charge in [0.05, 0.1) is 6.61 Å². The van der Waals surface area contributed by atoms with Crippen molar-refractivity contribution in [2.45, 2.75) is 6.92 Å². The van der Waals surface area contributed by atoms with Gasteiger partial charge in [0.25, 0.3) is 0 Å². The Hall–Kier alpha value is 1.92. The third-order valence-electron chi connectivity index (χ3n) is 0.297. The summed E-state index contributed by atoms with van der Waals surface area (Å²) in [5.74, 6) is 0. The average Bonchev–Trinajstić information content (AvgIpc) is 1.30. The molecule has 0 radical (unpaired) electrons. The fourth-order valence-corrected chi connectivity index (χ4v) is 1.17. The van der Waals surface area contributed by atoms with Crippen molar-refractivity contribution in [3.63, 3.8) is 0 Å². The van der Waals surface area contributed by atoms with Gasteiger partial charge in [0.15, 0.2) is 0 Å². The zero-order valence-corrected chi connectivity index (χ0v) is 9.47. The molecule has 0 aliphatic carbocycles. The summed E-state index contributed by atoms with van der Waals surface area (Å²) in [6, 6.07) is 0. The molecule has 0 fully saturated rings. The van der Waals surface area contributed by atoms with Crippen LogP contribution in [0.15, 0.2) is 0 Å². The minimum Gasteiger partial charge on any atom is -1.00 e. The predicted octanol–water partition coefficient (Wildman–Crippen LogP) is -1.71. The van der Waals surface area contributed by atoms with Gasteiger partial charge in [-0.2, -0.15) is 0 Å². The van der Waals surface area contributed by atoms with Gasteiger partial charge in [-0.1, -0.05) is 12.2 Å². The molecule has 1 unspecified atom stereocenters. The van der Waals surface area contributed by atoms with Crippen LogP contribution in [-0.4, -0.2) is 11.5 Å². The monoisotopic (exact) mass is 182 g/mol. The molecular formula is C2H8NaO2PS2. The van der Waals surface area contributed by atoms with Crippen molar-refractivity contribution in [2.24, 2.45) is 0 Å². The van der Waals surface area contributed by atoms with Gasteiger partial charge in [-0.15, -0.1) is 0 Å². The van der Waals surface area contributed by atoms with Crippen molar-refractivity contribution >= 4 is 29.7 Å². The molecule has 0 saturated heterocycles. The van der Waals surface area contributed by atoms with E-state index >= 15 is 0 Å². The van der Waals surface area contributed by atoms with Crippen molar-refractivity contribution < 1.29 is 40.4 Å². The van der Waals surface area contributed by atoms with E-state index in [0.717, 1.165) is 0 Å². The quantitative estimate of drug-likeness (QED) is 0.302. The first kappa shape index (κ1) is 12.6. The Bertz CT molecular complexity index is 96.6. The van der Waals surface area contributed by atoms with E-state index in [-0.39, 0.29) is 31.0 Å². The summed E-state index contributed by atoms with van der Waals surface area (Å²) in [7, 11) is 0. The van der Waals surface area contributed by atoms with E-state index in [1.807, 2.05) is 0 Å². The van der Waals surface area contributed by atoms with E-state index < -0.39 is 5.69 Å². The Kier molecular flexibility index (Phi) is 8.94. The van der Waals surface area contributed by atoms with Crippen molar-refractivity contribution in [1.29, 1.82) is 0 Å². The smallest absolute Gasteiger partial charge is 1.00 e. The molecular weight excluding hydrogens is 174 g/mol. The van der Waals surface area contributed by atoms with Crippen molar-refractivity contribution in [1.82, 2.24) is 0 Å². The Morgan fingerprint density at radius 3 is 2.38 bits per heavy atom. The van der Waals surface area contributed by atoms with Crippen molar-refractivity contribution in [2.75, 3.05) is 6.61 Å². The molecule has 2 nitrogen and oxygen atoms in total. The SMILES string of the molecule is CCOP(O)(=S)S.[H-].[Na+]. The summed E-state index contributed by atoms with van der Waals surface area (Å²) in [5, 5.41) is 0. The average molecular weight is 182 g/mol. The number of thiol groups is 1. The Morgan fingerprint density at radius 1 is 2.00 bits per heavy atom. The Balaban J connectivity index is -0.000000180. The Labute approximate surface area is 83.1 Å². The molecule has 0 aromatic rings. The van der Waals surface area contributed by atoms with Crippen LogP contribution in [0, 0.1) is 0 Å².